The van der Waals surface area contributed by atoms with Gasteiger partial charge in [0.15, 0.2) is 0 Å². The fourth-order valence-corrected chi connectivity index (χ4v) is 4.00. The van der Waals surface area contributed by atoms with Crippen LogP contribution in [0.25, 0.3) is 22.8 Å². The molecule has 33 heavy (non-hydrogen) atoms. The molecule has 1 atom stereocenters. The van der Waals surface area contributed by atoms with Crippen LogP contribution < -0.4 is 10.2 Å². The van der Waals surface area contributed by atoms with Gasteiger partial charge in [0.05, 0.1) is 5.92 Å². The fraction of sp³-hybridized carbons (Fsp3) is 0.154. The van der Waals surface area contributed by atoms with Crippen molar-refractivity contribution in [1.82, 2.24) is 10.1 Å². The van der Waals surface area contributed by atoms with Crippen molar-refractivity contribution < 1.29 is 14.1 Å². The Kier molecular flexibility index (Phi) is 5.44. The third kappa shape index (κ3) is 4.25. The molecule has 3 aromatic carbocycles. The smallest absolute Gasteiger partial charge is 0.258 e. The molecule has 2 amide bonds. The van der Waals surface area contributed by atoms with Crippen molar-refractivity contribution in [3.05, 3.63) is 84.4 Å². The summed E-state index contributed by atoms with van der Waals surface area (Å²) in [6.07, 6.45) is 0.184. The lowest BCUT2D eigenvalue weighted by molar-refractivity contribution is -0.122. The number of carbonyl (C=O) groups excluding carboxylic acids is 2. The topological polar surface area (TPSA) is 88.3 Å². The van der Waals surface area contributed by atoms with Gasteiger partial charge in [0.2, 0.25) is 17.6 Å². The van der Waals surface area contributed by atoms with Crippen molar-refractivity contribution in [3.63, 3.8) is 0 Å². The molecule has 4 aromatic rings. The first-order valence-corrected chi connectivity index (χ1v) is 10.7. The van der Waals surface area contributed by atoms with Crippen molar-refractivity contribution >= 4 is 23.2 Å². The van der Waals surface area contributed by atoms with E-state index in [2.05, 4.69) is 15.5 Å². The first-order valence-electron chi connectivity index (χ1n) is 10.7. The molecule has 0 radical (unpaired) electrons. The van der Waals surface area contributed by atoms with Crippen LogP contribution in [-0.2, 0) is 9.59 Å². The fourth-order valence-electron chi connectivity index (χ4n) is 4.00. The number of hydrogen-bond donors (Lipinski definition) is 1. The lowest BCUT2D eigenvalue weighted by Gasteiger charge is -2.19. The number of para-hydroxylation sites is 1. The Hall–Kier alpha value is -4.26. The summed E-state index contributed by atoms with van der Waals surface area (Å²) in [5, 5.41) is 6.98. The lowest BCUT2D eigenvalue weighted by atomic mass is 10.1. The van der Waals surface area contributed by atoms with Crippen LogP contribution in [0.1, 0.15) is 12.0 Å². The molecule has 164 valence electrons. The second-order valence-corrected chi connectivity index (χ2v) is 8.05. The molecular weight excluding hydrogens is 416 g/mol. The normalized spacial score (nSPS) is 15.6. The molecule has 1 fully saturated rings. The molecule has 1 aromatic heterocycles. The van der Waals surface area contributed by atoms with Crippen LogP contribution >= 0.6 is 0 Å². The summed E-state index contributed by atoms with van der Waals surface area (Å²) in [5.41, 5.74) is 4.03. The van der Waals surface area contributed by atoms with Gasteiger partial charge in [0.1, 0.15) is 0 Å². The van der Waals surface area contributed by atoms with E-state index in [1.54, 1.807) is 17.0 Å². The van der Waals surface area contributed by atoms with E-state index < -0.39 is 5.92 Å². The van der Waals surface area contributed by atoms with Crippen molar-refractivity contribution in [2.45, 2.75) is 13.3 Å². The third-order valence-corrected chi connectivity index (χ3v) is 5.74. The third-order valence-electron chi connectivity index (χ3n) is 5.74. The van der Waals surface area contributed by atoms with E-state index in [-0.39, 0.29) is 18.2 Å². The number of amides is 2. The van der Waals surface area contributed by atoms with Gasteiger partial charge in [-0.2, -0.15) is 4.98 Å². The number of rotatable bonds is 5. The van der Waals surface area contributed by atoms with E-state index in [4.69, 9.17) is 4.52 Å². The molecule has 0 spiro atoms. The highest BCUT2D eigenvalue weighted by Gasteiger charge is 2.35. The van der Waals surface area contributed by atoms with E-state index in [1.807, 2.05) is 73.7 Å². The van der Waals surface area contributed by atoms with E-state index in [0.717, 1.165) is 16.8 Å². The number of aryl methyl sites for hydroxylation is 1. The van der Waals surface area contributed by atoms with E-state index >= 15 is 0 Å². The molecule has 5 rings (SSSR count). The predicted molar refractivity (Wildman–Crippen MR) is 125 cm³/mol. The summed E-state index contributed by atoms with van der Waals surface area (Å²) < 4.78 is 5.43. The zero-order valence-corrected chi connectivity index (χ0v) is 18.1. The molecule has 0 aliphatic carbocycles. The van der Waals surface area contributed by atoms with E-state index in [0.29, 0.717) is 29.5 Å². The number of benzene rings is 3. The zero-order chi connectivity index (χ0) is 22.8. The molecule has 7 nitrogen and oxygen atoms in total. The van der Waals surface area contributed by atoms with Gasteiger partial charge in [-0.1, -0.05) is 59.8 Å². The average Bonchev–Trinajstić information content (AvgIpc) is 3.48. The maximum absolute atomic E-state index is 12.9. The summed E-state index contributed by atoms with van der Waals surface area (Å²) in [6.45, 7) is 2.32. The van der Waals surface area contributed by atoms with Gasteiger partial charge in [0.25, 0.3) is 5.89 Å². The van der Waals surface area contributed by atoms with E-state index in [1.165, 1.54) is 0 Å². The summed E-state index contributed by atoms with van der Waals surface area (Å²) in [6, 6.07) is 24.5. The molecule has 7 heteroatoms. The molecule has 0 saturated carbocycles. The highest BCUT2D eigenvalue weighted by atomic mass is 16.5. The number of aromatic nitrogens is 2. The summed E-state index contributed by atoms with van der Waals surface area (Å²) in [4.78, 5) is 31.7. The summed E-state index contributed by atoms with van der Waals surface area (Å²) in [5.74, 6) is 0.214. The molecule has 1 aliphatic heterocycles. The second kappa shape index (κ2) is 8.70. The number of anilines is 2. The first-order chi connectivity index (χ1) is 16.1. The van der Waals surface area contributed by atoms with Gasteiger partial charge >= 0.3 is 0 Å². The van der Waals surface area contributed by atoms with Gasteiger partial charge in [-0.25, -0.2) is 0 Å². The largest absolute Gasteiger partial charge is 0.334 e. The average molecular weight is 438 g/mol. The van der Waals surface area contributed by atoms with Gasteiger partial charge in [-0.15, -0.1) is 0 Å². The van der Waals surface area contributed by atoms with Gasteiger partial charge in [-0.05, 0) is 36.8 Å². The maximum atomic E-state index is 12.9. The Morgan fingerprint density at radius 1 is 1.00 bits per heavy atom. The minimum atomic E-state index is -0.422. The molecule has 1 N–H and O–H groups in total. The molecule has 2 heterocycles. The van der Waals surface area contributed by atoms with Gasteiger partial charge < -0.3 is 14.7 Å². The van der Waals surface area contributed by atoms with Crippen LogP contribution in [0.4, 0.5) is 11.4 Å². The van der Waals surface area contributed by atoms with E-state index in [9.17, 15) is 9.59 Å². The number of nitrogens with zero attached hydrogens (tertiary/aromatic N) is 3. The predicted octanol–water partition coefficient (Wildman–Crippen LogP) is 4.70. The van der Waals surface area contributed by atoms with Crippen LogP contribution in [0, 0.1) is 12.8 Å². The van der Waals surface area contributed by atoms with Crippen LogP contribution in [0.2, 0.25) is 0 Å². The maximum Gasteiger partial charge on any atom is 0.258 e. The van der Waals surface area contributed by atoms with Crippen molar-refractivity contribution in [2.75, 3.05) is 16.8 Å². The SMILES string of the molecule is Cc1ccccc1N1CC(C(=O)Nc2cccc(-c3nc(-c4ccccc4)no3)c2)CC1=O. The molecule has 1 aliphatic rings. The number of carbonyl (C=O) groups is 2. The Bertz CT molecular complexity index is 1320. The lowest BCUT2D eigenvalue weighted by Crippen LogP contribution is -2.28. The quantitative estimate of drug-likeness (QED) is 0.488. The van der Waals surface area contributed by atoms with Gasteiger partial charge in [0, 0.05) is 35.5 Å². The summed E-state index contributed by atoms with van der Waals surface area (Å²) in [7, 11) is 0. The van der Waals surface area contributed by atoms with Crippen molar-refractivity contribution in [2.24, 2.45) is 5.92 Å². The van der Waals surface area contributed by atoms with Crippen LogP contribution in [0.15, 0.2) is 83.4 Å². The van der Waals surface area contributed by atoms with Gasteiger partial charge in [-0.3, -0.25) is 9.59 Å². The molecule has 1 saturated heterocycles. The Morgan fingerprint density at radius 2 is 1.76 bits per heavy atom. The minimum absolute atomic E-state index is 0.0440. The minimum Gasteiger partial charge on any atom is -0.334 e. The molecule has 1 unspecified atom stereocenters. The van der Waals surface area contributed by atoms with Crippen molar-refractivity contribution in [3.8, 4) is 22.8 Å². The highest BCUT2D eigenvalue weighted by molar-refractivity contribution is 6.04. The van der Waals surface area contributed by atoms with Crippen LogP contribution in [-0.4, -0.2) is 28.5 Å². The number of nitrogens with one attached hydrogen (secondary N) is 1. The monoisotopic (exact) mass is 438 g/mol. The standard InChI is InChI=1S/C26H22N4O3/c1-17-8-5-6-13-22(17)30-16-20(15-23(30)31)25(32)27-21-12-7-11-19(14-21)26-28-24(29-33-26)18-9-3-2-4-10-18/h2-14,20H,15-16H2,1H3,(H,27,32). The van der Waals surface area contributed by atoms with Crippen LogP contribution in [0.5, 0.6) is 0 Å². The molecular formula is C26H22N4O3. The molecule has 0 bridgehead atoms. The Morgan fingerprint density at radius 3 is 2.58 bits per heavy atom. The number of hydrogen-bond acceptors (Lipinski definition) is 5. The summed E-state index contributed by atoms with van der Waals surface area (Å²) >= 11 is 0. The van der Waals surface area contributed by atoms with Crippen LogP contribution in [0.3, 0.4) is 0 Å². The van der Waals surface area contributed by atoms with Crippen molar-refractivity contribution in [1.29, 1.82) is 0 Å². The second-order valence-electron chi connectivity index (χ2n) is 8.05. The first kappa shape index (κ1) is 20.6. The Balaban J connectivity index is 1.29. The Labute approximate surface area is 191 Å². The zero-order valence-electron chi connectivity index (χ0n) is 18.1. The highest BCUT2D eigenvalue weighted by Crippen LogP contribution is 2.29.